The number of carbonyl (C=O) groups is 1. The summed E-state index contributed by atoms with van der Waals surface area (Å²) in [6, 6.07) is 8.28. The SMILES string of the molecule is CCCc1ccc(-c2csc(N)c2C(=O)OC(C)C)cc1. The number of nitrogen functional groups attached to an aromatic ring is 1. The van der Waals surface area contributed by atoms with Crippen LogP contribution in [0.1, 0.15) is 43.1 Å². The predicted molar refractivity (Wildman–Crippen MR) is 88.7 cm³/mol. The second-order valence-corrected chi connectivity index (χ2v) is 6.20. The zero-order valence-corrected chi connectivity index (χ0v) is 13.5. The third kappa shape index (κ3) is 3.64. The lowest BCUT2D eigenvalue weighted by molar-refractivity contribution is 0.0380. The summed E-state index contributed by atoms with van der Waals surface area (Å²) < 4.78 is 5.29. The monoisotopic (exact) mass is 303 g/mol. The highest BCUT2D eigenvalue weighted by Crippen LogP contribution is 2.34. The lowest BCUT2D eigenvalue weighted by atomic mass is 10.0. The molecule has 0 fully saturated rings. The average molecular weight is 303 g/mol. The second kappa shape index (κ2) is 6.76. The number of hydrogen-bond donors (Lipinski definition) is 1. The molecule has 3 nitrogen and oxygen atoms in total. The number of anilines is 1. The van der Waals surface area contributed by atoms with E-state index in [1.54, 1.807) is 0 Å². The molecule has 4 heteroatoms. The molecule has 0 saturated heterocycles. The molecule has 21 heavy (non-hydrogen) atoms. The van der Waals surface area contributed by atoms with Gasteiger partial charge in [-0.1, -0.05) is 37.6 Å². The molecule has 0 aliphatic rings. The van der Waals surface area contributed by atoms with Gasteiger partial charge in [0, 0.05) is 10.9 Å². The predicted octanol–water partition coefficient (Wildman–Crippen LogP) is 4.52. The number of hydrogen-bond acceptors (Lipinski definition) is 4. The van der Waals surface area contributed by atoms with E-state index in [1.807, 2.05) is 31.4 Å². The first-order chi connectivity index (χ1) is 10.0. The van der Waals surface area contributed by atoms with E-state index >= 15 is 0 Å². The molecular weight excluding hydrogens is 282 g/mol. The van der Waals surface area contributed by atoms with Crippen molar-refractivity contribution in [3.63, 3.8) is 0 Å². The number of ether oxygens (including phenoxy) is 1. The van der Waals surface area contributed by atoms with Gasteiger partial charge in [0.25, 0.3) is 0 Å². The van der Waals surface area contributed by atoms with Gasteiger partial charge in [-0.25, -0.2) is 4.79 Å². The minimum atomic E-state index is -0.351. The van der Waals surface area contributed by atoms with E-state index in [1.165, 1.54) is 16.9 Å². The third-order valence-corrected chi connectivity index (χ3v) is 3.98. The van der Waals surface area contributed by atoms with E-state index in [0.29, 0.717) is 10.6 Å². The molecule has 2 rings (SSSR count). The standard InChI is InChI=1S/C17H21NO2S/c1-4-5-12-6-8-13(9-7-12)14-10-21-16(18)15(14)17(19)20-11(2)3/h6-11H,4-5,18H2,1-3H3. The number of esters is 1. The van der Waals surface area contributed by atoms with Crippen LogP contribution in [-0.4, -0.2) is 12.1 Å². The molecule has 0 unspecified atom stereocenters. The fourth-order valence-corrected chi connectivity index (χ4v) is 3.02. The summed E-state index contributed by atoms with van der Waals surface area (Å²) in [5, 5.41) is 2.43. The van der Waals surface area contributed by atoms with Crippen molar-refractivity contribution in [1.82, 2.24) is 0 Å². The van der Waals surface area contributed by atoms with Crippen molar-refractivity contribution in [1.29, 1.82) is 0 Å². The van der Waals surface area contributed by atoms with Crippen LogP contribution in [0.5, 0.6) is 0 Å². The number of benzene rings is 1. The van der Waals surface area contributed by atoms with Gasteiger partial charge in [-0.2, -0.15) is 0 Å². The van der Waals surface area contributed by atoms with Crippen LogP contribution in [0.4, 0.5) is 5.00 Å². The summed E-state index contributed by atoms with van der Waals surface area (Å²) >= 11 is 1.37. The van der Waals surface area contributed by atoms with Gasteiger partial charge in [0.05, 0.1) is 6.10 Å². The Labute approximate surface area is 129 Å². The van der Waals surface area contributed by atoms with E-state index in [9.17, 15) is 4.79 Å². The lowest BCUT2D eigenvalue weighted by Crippen LogP contribution is -2.13. The fourth-order valence-electron chi connectivity index (χ4n) is 2.21. The Morgan fingerprint density at radius 3 is 2.52 bits per heavy atom. The van der Waals surface area contributed by atoms with E-state index in [0.717, 1.165) is 24.0 Å². The van der Waals surface area contributed by atoms with Crippen LogP contribution < -0.4 is 5.73 Å². The maximum absolute atomic E-state index is 12.2. The van der Waals surface area contributed by atoms with Gasteiger partial charge in [0.1, 0.15) is 10.6 Å². The summed E-state index contributed by atoms with van der Waals surface area (Å²) in [7, 11) is 0. The summed E-state index contributed by atoms with van der Waals surface area (Å²) in [5.74, 6) is -0.351. The Bertz CT molecular complexity index is 614. The Hall–Kier alpha value is -1.81. The van der Waals surface area contributed by atoms with Crippen molar-refractivity contribution in [2.45, 2.75) is 39.7 Å². The molecular formula is C17H21NO2S. The molecule has 2 N–H and O–H groups in total. The molecule has 2 aromatic rings. The number of rotatable bonds is 5. The van der Waals surface area contributed by atoms with Crippen LogP contribution in [0.15, 0.2) is 29.6 Å². The Morgan fingerprint density at radius 1 is 1.29 bits per heavy atom. The molecule has 0 bridgehead atoms. The summed E-state index contributed by atoms with van der Waals surface area (Å²) in [6.45, 7) is 5.83. The van der Waals surface area contributed by atoms with Crippen molar-refractivity contribution in [3.05, 3.63) is 40.8 Å². The molecule has 0 aliphatic carbocycles. The summed E-state index contributed by atoms with van der Waals surface area (Å²) in [6.07, 6.45) is 2.03. The lowest BCUT2D eigenvalue weighted by Gasteiger charge is -2.10. The van der Waals surface area contributed by atoms with Crippen molar-refractivity contribution in [2.75, 3.05) is 5.73 Å². The van der Waals surface area contributed by atoms with E-state index in [2.05, 4.69) is 19.1 Å². The largest absolute Gasteiger partial charge is 0.459 e. The van der Waals surface area contributed by atoms with Gasteiger partial charge in [0.2, 0.25) is 0 Å². The molecule has 0 spiro atoms. The third-order valence-electron chi connectivity index (χ3n) is 3.17. The van der Waals surface area contributed by atoms with Gasteiger partial charge in [-0.3, -0.25) is 0 Å². The summed E-state index contributed by atoms with van der Waals surface area (Å²) in [4.78, 5) is 12.2. The highest BCUT2D eigenvalue weighted by Gasteiger charge is 2.20. The zero-order chi connectivity index (χ0) is 15.4. The normalized spacial score (nSPS) is 10.9. The number of carbonyl (C=O) groups excluding carboxylic acids is 1. The minimum absolute atomic E-state index is 0.156. The van der Waals surface area contributed by atoms with Gasteiger partial charge in [-0.15, -0.1) is 11.3 Å². The van der Waals surface area contributed by atoms with Crippen molar-refractivity contribution in [2.24, 2.45) is 0 Å². The first-order valence-electron chi connectivity index (χ1n) is 7.20. The van der Waals surface area contributed by atoms with Gasteiger partial charge < -0.3 is 10.5 Å². The fraction of sp³-hybridized carbons (Fsp3) is 0.353. The highest BCUT2D eigenvalue weighted by atomic mass is 32.1. The maximum Gasteiger partial charge on any atom is 0.342 e. The van der Waals surface area contributed by atoms with E-state index < -0.39 is 0 Å². The first kappa shape index (κ1) is 15.6. The first-order valence-corrected chi connectivity index (χ1v) is 8.08. The highest BCUT2D eigenvalue weighted by molar-refractivity contribution is 7.14. The van der Waals surface area contributed by atoms with Crippen LogP contribution in [-0.2, 0) is 11.2 Å². The second-order valence-electron chi connectivity index (χ2n) is 5.29. The number of aryl methyl sites for hydroxylation is 1. The molecule has 0 saturated carbocycles. The number of nitrogens with two attached hydrogens (primary N) is 1. The minimum Gasteiger partial charge on any atom is -0.459 e. The molecule has 1 aromatic heterocycles. The topological polar surface area (TPSA) is 52.3 Å². The van der Waals surface area contributed by atoms with Gasteiger partial charge >= 0.3 is 5.97 Å². The van der Waals surface area contributed by atoms with E-state index in [-0.39, 0.29) is 12.1 Å². The van der Waals surface area contributed by atoms with Crippen LogP contribution in [0.25, 0.3) is 11.1 Å². The Morgan fingerprint density at radius 2 is 1.95 bits per heavy atom. The smallest absolute Gasteiger partial charge is 0.342 e. The van der Waals surface area contributed by atoms with E-state index in [4.69, 9.17) is 10.5 Å². The number of thiophene rings is 1. The molecule has 0 aliphatic heterocycles. The quantitative estimate of drug-likeness (QED) is 0.826. The van der Waals surface area contributed by atoms with Crippen LogP contribution in [0.3, 0.4) is 0 Å². The molecule has 1 heterocycles. The Balaban J connectivity index is 2.34. The molecule has 0 atom stereocenters. The molecule has 0 amide bonds. The Kier molecular flexibility index (Phi) is 5.02. The summed E-state index contributed by atoms with van der Waals surface area (Å²) in [5.41, 5.74) is 9.59. The van der Waals surface area contributed by atoms with Gasteiger partial charge in [-0.05, 0) is 31.4 Å². The van der Waals surface area contributed by atoms with Crippen LogP contribution in [0.2, 0.25) is 0 Å². The molecule has 0 radical (unpaired) electrons. The average Bonchev–Trinajstić information content (AvgIpc) is 2.81. The maximum atomic E-state index is 12.2. The van der Waals surface area contributed by atoms with Crippen molar-refractivity contribution in [3.8, 4) is 11.1 Å². The molecule has 1 aromatic carbocycles. The molecule has 112 valence electrons. The van der Waals surface area contributed by atoms with Crippen LogP contribution in [0, 0.1) is 0 Å². The van der Waals surface area contributed by atoms with Gasteiger partial charge in [0.15, 0.2) is 0 Å². The van der Waals surface area contributed by atoms with Crippen molar-refractivity contribution < 1.29 is 9.53 Å². The van der Waals surface area contributed by atoms with Crippen molar-refractivity contribution >= 4 is 22.3 Å². The zero-order valence-electron chi connectivity index (χ0n) is 12.7. The van der Waals surface area contributed by atoms with Crippen LogP contribution >= 0.6 is 11.3 Å².